The van der Waals surface area contributed by atoms with Crippen LogP contribution in [0.1, 0.15) is 68.8 Å². The van der Waals surface area contributed by atoms with Gasteiger partial charge in [-0.2, -0.15) is 0 Å². The molecule has 2 aliphatic heterocycles. The van der Waals surface area contributed by atoms with Gasteiger partial charge in [0, 0.05) is 24.6 Å². The van der Waals surface area contributed by atoms with Crippen molar-refractivity contribution >= 4 is 17.7 Å². The molecule has 2 atom stereocenters. The first-order valence-electron chi connectivity index (χ1n) is 11.6. The topological polar surface area (TPSA) is 69.7 Å². The van der Waals surface area contributed by atoms with E-state index in [4.69, 9.17) is 0 Å². The van der Waals surface area contributed by atoms with Crippen LogP contribution in [0.2, 0.25) is 0 Å². The van der Waals surface area contributed by atoms with E-state index in [0.717, 1.165) is 30.4 Å². The lowest BCUT2D eigenvalue weighted by molar-refractivity contribution is -0.136. The van der Waals surface area contributed by atoms with Gasteiger partial charge in [-0.05, 0) is 50.4 Å². The highest BCUT2D eigenvalue weighted by Gasteiger charge is 2.56. The number of hydrogen-bond acceptors (Lipinski definition) is 4. The van der Waals surface area contributed by atoms with Crippen LogP contribution in [0.15, 0.2) is 24.3 Å². The van der Waals surface area contributed by atoms with Crippen LogP contribution < -0.4 is 5.32 Å². The highest BCUT2D eigenvalue weighted by atomic mass is 16.2. The molecule has 2 saturated heterocycles. The van der Waals surface area contributed by atoms with Crippen LogP contribution in [0.4, 0.5) is 4.79 Å². The number of rotatable bonds is 4. The summed E-state index contributed by atoms with van der Waals surface area (Å²) in [6, 6.07) is 7.49. The third-order valence-electron chi connectivity index (χ3n) is 7.26. The maximum atomic E-state index is 13.3. The van der Waals surface area contributed by atoms with E-state index < -0.39 is 5.54 Å². The summed E-state index contributed by atoms with van der Waals surface area (Å²) in [7, 11) is 0. The molecule has 3 aliphatic rings. The van der Waals surface area contributed by atoms with Gasteiger partial charge in [0.1, 0.15) is 5.54 Å². The van der Waals surface area contributed by atoms with Gasteiger partial charge in [0.05, 0.1) is 6.67 Å². The van der Waals surface area contributed by atoms with Crippen molar-refractivity contribution in [2.45, 2.75) is 65.3 Å². The number of Topliss-reactive ketones (excluding diaryl/α,β-unsaturated/α-hetero) is 1. The zero-order chi connectivity index (χ0) is 22.4. The Morgan fingerprint density at radius 1 is 1.10 bits per heavy atom. The van der Waals surface area contributed by atoms with Gasteiger partial charge in [0.2, 0.25) is 0 Å². The number of carbonyl (C=O) groups is 3. The smallest absolute Gasteiger partial charge is 0.323 e. The van der Waals surface area contributed by atoms with Gasteiger partial charge in [0.15, 0.2) is 5.78 Å². The molecule has 6 heteroatoms. The Labute approximate surface area is 185 Å². The fourth-order valence-corrected chi connectivity index (χ4v) is 6.12. The largest absolute Gasteiger partial charge is 0.326 e. The summed E-state index contributed by atoms with van der Waals surface area (Å²) in [5.74, 6) is 0.534. The number of imide groups is 1. The Morgan fingerprint density at radius 2 is 1.74 bits per heavy atom. The second-order valence-electron chi connectivity index (χ2n) is 10.9. The lowest BCUT2D eigenvalue weighted by atomic mass is 9.64. The number of likely N-dealkylation sites (tertiary alicyclic amines) is 1. The maximum absolute atomic E-state index is 13.3. The number of ketones is 1. The van der Waals surface area contributed by atoms with Crippen LogP contribution in [0.3, 0.4) is 0 Å². The molecule has 1 N–H and O–H groups in total. The van der Waals surface area contributed by atoms with Crippen LogP contribution in [0.25, 0.3) is 0 Å². The quantitative estimate of drug-likeness (QED) is 0.585. The minimum atomic E-state index is -0.752. The first-order valence-corrected chi connectivity index (χ1v) is 11.6. The first-order chi connectivity index (χ1) is 14.6. The third kappa shape index (κ3) is 4.40. The van der Waals surface area contributed by atoms with Gasteiger partial charge in [-0.1, -0.05) is 50.6 Å². The number of piperidine rings is 1. The molecule has 4 rings (SSSR count). The summed E-state index contributed by atoms with van der Waals surface area (Å²) in [6.45, 7) is 10.3. The average Bonchev–Trinajstić information content (AvgIpc) is 2.90. The molecular formula is C25H35N3O3. The second kappa shape index (κ2) is 8.05. The highest BCUT2D eigenvalue weighted by molar-refractivity contribution is 6.07. The molecule has 1 aliphatic carbocycles. The summed E-state index contributed by atoms with van der Waals surface area (Å²) in [5, 5.41) is 3.05. The summed E-state index contributed by atoms with van der Waals surface area (Å²) in [4.78, 5) is 42.4. The van der Waals surface area contributed by atoms with Crippen LogP contribution in [-0.2, 0) is 4.79 Å². The summed E-state index contributed by atoms with van der Waals surface area (Å²) >= 11 is 0. The Kier molecular flexibility index (Phi) is 5.71. The predicted molar refractivity (Wildman–Crippen MR) is 120 cm³/mol. The zero-order valence-corrected chi connectivity index (χ0v) is 19.2. The van der Waals surface area contributed by atoms with Crippen molar-refractivity contribution in [1.29, 1.82) is 0 Å². The Hall–Kier alpha value is -2.21. The van der Waals surface area contributed by atoms with Crippen molar-refractivity contribution in [2.75, 3.05) is 19.8 Å². The normalized spacial score (nSPS) is 29.4. The van der Waals surface area contributed by atoms with Gasteiger partial charge in [0.25, 0.3) is 5.91 Å². The van der Waals surface area contributed by atoms with E-state index in [1.165, 1.54) is 4.90 Å². The third-order valence-corrected chi connectivity index (χ3v) is 7.26. The highest BCUT2D eigenvalue weighted by Crippen LogP contribution is 2.46. The van der Waals surface area contributed by atoms with Crippen molar-refractivity contribution in [3.63, 3.8) is 0 Å². The van der Waals surface area contributed by atoms with Crippen molar-refractivity contribution in [2.24, 2.45) is 17.3 Å². The van der Waals surface area contributed by atoms with E-state index in [1.54, 1.807) is 0 Å². The number of amides is 3. The number of aryl methyl sites for hydroxylation is 1. The molecule has 1 aromatic rings. The second-order valence-corrected chi connectivity index (χ2v) is 10.9. The molecule has 1 spiro atoms. The lowest BCUT2D eigenvalue weighted by Crippen LogP contribution is -2.54. The number of urea groups is 1. The van der Waals surface area contributed by atoms with E-state index in [2.05, 4.69) is 31.0 Å². The summed E-state index contributed by atoms with van der Waals surface area (Å²) < 4.78 is 0. The minimum absolute atomic E-state index is 0.00778. The molecule has 1 saturated carbocycles. The van der Waals surface area contributed by atoms with E-state index >= 15 is 0 Å². The number of benzene rings is 1. The van der Waals surface area contributed by atoms with Gasteiger partial charge in [-0.25, -0.2) is 9.69 Å². The Morgan fingerprint density at radius 3 is 2.35 bits per heavy atom. The molecule has 1 aromatic carbocycles. The van der Waals surface area contributed by atoms with Gasteiger partial charge >= 0.3 is 6.03 Å². The average molecular weight is 426 g/mol. The number of hydrogen-bond donors (Lipinski definition) is 1. The van der Waals surface area contributed by atoms with E-state index in [0.29, 0.717) is 38.5 Å². The summed E-state index contributed by atoms with van der Waals surface area (Å²) in [5.41, 5.74) is 1.20. The van der Waals surface area contributed by atoms with Crippen LogP contribution in [-0.4, -0.2) is 52.8 Å². The first kappa shape index (κ1) is 22.0. The van der Waals surface area contributed by atoms with E-state index in [-0.39, 0.29) is 29.1 Å². The number of nitrogens with one attached hydrogen (secondary N) is 1. The lowest BCUT2D eigenvalue weighted by Gasteiger charge is -2.44. The molecule has 0 radical (unpaired) electrons. The standard InChI is InChI=1S/C25H35N3O3/c1-17-5-7-19(8-6-17)21(29)20-9-11-27(12-10-20)16-28-22(30)25(26-23(28)31)14-18(2)13-24(3,4)15-25/h5-8,18,20H,9-16H2,1-4H3,(H,26,31). The van der Waals surface area contributed by atoms with E-state index in [1.807, 2.05) is 31.2 Å². The minimum Gasteiger partial charge on any atom is -0.323 e. The van der Waals surface area contributed by atoms with E-state index in [9.17, 15) is 14.4 Å². The van der Waals surface area contributed by atoms with Gasteiger partial charge in [-0.15, -0.1) is 0 Å². The van der Waals surface area contributed by atoms with Crippen molar-refractivity contribution in [3.05, 3.63) is 35.4 Å². The van der Waals surface area contributed by atoms with Gasteiger partial charge < -0.3 is 5.32 Å². The molecule has 3 amide bonds. The number of carbonyl (C=O) groups excluding carboxylic acids is 3. The van der Waals surface area contributed by atoms with Crippen LogP contribution >= 0.6 is 0 Å². The van der Waals surface area contributed by atoms with Crippen molar-refractivity contribution in [3.8, 4) is 0 Å². The summed E-state index contributed by atoms with van der Waals surface area (Å²) in [6.07, 6.45) is 3.99. The molecular weight excluding hydrogens is 390 g/mol. The fourth-order valence-electron chi connectivity index (χ4n) is 6.12. The molecule has 0 aromatic heterocycles. The maximum Gasteiger partial charge on any atom is 0.326 e. The Balaban J connectivity index is 1.36. The molecule has 6 nitrogen and oxygen atoms in total. The number of nitrogens with zero attached hydrogens (tertiary/aromatic N) is 2. The molecule has 168 valence electrons. The van der Waals surface area contributed by atoms with Gasteiger partial charge in [-0.3, -0.25) is 14.5 Å². The van der Waals surface area contributed by atoms with Crippen molar-refractivity contribution in [1.82, 2.24) is 15.1 Å². The van der Waals surface area contributed by atoms with Crippen LogP contribution in [0.5, 0.6) is 0 Å². The SMILES string of the molecule is Cc1ccc(C(=O)C2CCN(CN3C(=O)NC4(CC(C)CC(C)(C)C4)C3=O)CC2)cc1. The zero-order valence-electron chi connectivity index (χ0n) is 19.2. The van der Waals surface area contributed by atoms with Crippen LogP contribution in [0, 0.1) is 24.2 Å². The molecule has 2 heterocycles. The Bertz CT molecular complexity index is 871. The predicted octanol–water partition coefficient (Wildman–Crippen LogP) is 3.98. The molecule has 3 fully saturated rings. The fraction of sp³-hybridized carbons (Fsp3) is 0.640. The monoisotopic (exact) mass is 425 g/mol. The molecule has 31 heavy (non-hydrogen) atoms. The molecule has 2 unspecified atom stereocenters. The van der Waals surface area contributed by atoms with Crippen molar-refractivity contribution < 1.29 is 14.4 Å². The molecule has 0 bridgehead atoms.